The van der Waals surface area contributed by atoms with Crippen molar-refractivity contribution in [2.45, 2.75) is 19.4 Å². The Morgan fingerprint density at radius 3 is 1.71 bits per heavy atom. The molecule has 14 heavy (non-hydrogen) atoms. The Labute approximate surface area is 86.3 Å². The summed E-state index contributed by atoms with van der Waals surface area (Å²) in [6, 6.07) is 0. The lowest BCUT2D eigenvalue weighted by molar-refractivity contribution is -0.137. The molecule has 0 saturated carbocycles. The average Bonchev–Trinajstić information content (AvgIpc) is 2.21. The molecule has 2 rings (SSSR count). The zero-order chi connectivity index (χ0) is 10.3. The molecule has 2 saturated heterocycles. The second-order valence-electron chi connectivity index (χ2n) is 4.16. The molecule has 0 aromatic carbocycles. The Kier molecular flexibility index (Phi) is 5.40. The third-order valence-corrected chi connectivity index (χ3v) is 2.13. The summed E-state index contributed by atoms with van der Waals surface area (Å²) >= 11 is 0. The van der Waals surface area contributed by atoms with E-state index < -0.39 is 0 Å². The first kappa shape index (κ1) is 11.9. The van der Waals surface area contributed by atoms with Gasteiger partial charge in [-0.2, -0.15) is 0 Å². The predicted octanol–water partition coefficient (Wildman–Crippen LogP) is -0.00900. The Hall–Kier alpha value is -0.160. The second kappa shape index (κ2) is 6.35. The van der Waals surface area contributed by atoms with Crippen LogP contribution in [-0.4, -0.2) is 51.6 Å². The van der Waals surface area contributed by atoms with Crippen molar-refractivity contribution in [2.75, 3.05) is 46.0 Å². The van der Waals surface area contributed by atoms with Gasteiger partial charge >= 0.3 is 0 Å². The Bertz CT molecular complexity index is 128. The Morgan fingerprint density at radius 1 is 0.929 bits per heavy atom. The summed E-state index contributed by atoms with van der Waals surface area (Å²) in [6.45, 7) is 10.8. The van der Waals surface area contributed by atoms with Crippen molar-refractivity contribution in [1.29, 1.82) is 0 Å². The summed E-state index contributed by atoms with van der Waals surface area (Å²) < 4.78 is 10.5. The van der Waals surface area contributed by atoms with Crippen molar-refractivity contribution in [3.63, 3.8) is 0 Å². The molecule has 0 unspecified atom stereocenters. The number of hydrogen-bond donors (Lipinski definition) is 2. The fraction of sp³-hybridized carbons (Fsp3) is 1.00. The minimum absolute atomic E-state index is 0.0434. The smallest absolute Gasteiger partial charge is 0.0860 e. The summed E-state index contributed by atoms with van der Waals surface area (Å²) in [4.78, 5) is 0. The van der Waals surface area contributed by atoms with Gasteiger partial charge < -0.3 is 20.1 Å². The van der Waals surface area contributed by atoms with Gasteiger partial charge in [-0.15, -0.1) is 0 Å². The molecule has 0 aromatic rings. The topological polar surface area (TPSA) is 42.5 Å². The van der Waals surface area contributed by atoms with Gasteiger partial charge in [0.15, 0.2) is 0 Å². The number of piperazine rings is 1. The van der Waals surface area contributed by atoms with Crippen LogP contribution in [0.15, 0.2) is 0 Å². The van der Waals surface area contributed by atoms with E-state index in [9.17, 15) is 0 Å². The van der Waals surface area contributed by atoms with Gasteiger partial charge in [0.2, 0.25) is 0 Å². The minimum atomic E-state index is -0.0434. The van der Waals surface area contributed by atoms with E-state index in [1.54, 1.807) is 0 Å². The van der Waals surface area contributed by atoms with Gasteiger partial charge in [0.05, 0.1) is 25.4 Å². The fourth-order valence-electron chi connectivity index (χ4n) is 1.34. The Morgan fingerprint density at radius 2 is 1.50 bits per heavy atom. The third-order valence-electron chi connectivity index (χ3n) is 2.13. The van der Waals surface area contributed by atoms with Crippen molar-refractivity contribution in [1.82, 2.24) is 10.6 Å². The van der Waals surface area contributed by atoms with Crippen LogP contribution in [0.3, 0.4) is 0 Å². The highest BCUT2D eigenvalue weighted by Crippen LogP contribution is 2.12. The van der Waals surface area contributed by atoms with Crippen LogP contribution in [0.4, 0.5) is 0 Å². The van der Waals surface area contributed by atoms with Gasteiger partial charge in [0.25, 0.3) is 0 Å². The quantitative estimate of drug-likeness (QED) is 0.580. The van der Waals surface area contributed by atoms with Gasteiger partial charge in [-0.3, -0.25) is 0 Å². The van der Waals surface area contributed by atoms with Crippen molar-refractivity contribution in [3.05, 3.63) is 0 Å². The third kappa shape index (κ3) is 5.54. The molecule has 0 aromatic heterocycles. The fourth-order valence-corrected chi connectivity index (χ4v) is 1.34. The van der Waals surface area contributed by atoms with Crippen LogP contribution in [0.5, 0.6) is 0 Å². The van der Waals surface area contributed by atoms with Crippen LogP contribution < -0.4 is 10.6 Å². The molecule has 2 N–H and O–H groups in total. The molecule has 0 aliphatic carbocycles. The van der Waals surface area contributed by atoms with E-state index in [1.807, 2.05) is 13.8 Å². The van der Waals surface area contributed by atoms with Crippen molar-refractivity contribution < 1.29 is 9.47 Å². The van der Waals surface area contributed by atoms with Crippen LogP contribution >= 0.6 is 0 Å². The van der Waals surface area contributed by atoms with Crippen LogP contribution in [0.1, 0.15) is 13.8 Å². The summed E-state index contributed by atoms with van der Waals surface area (Å²) in [5.41, 5.74) is -0.0434. The standard InChI is InChI=1S/C6H12O2.C4H10N2/c1-6(2)5-7-3-4-8-6;1-2-6-4-3-5-1/h3-5H2,1-2H3;5-6H,1-4H2. The lowest BCUT2D eigenvalue weighted by Gasteiger charge is -2.29. The highest BCUT2D eigenvalue weighted by atomic mass is 16.6. The maximum absolute atomic E-state index is 5.34. The molecule has 0 atom stereocenters. The van der Waals surface area contributed by atoms with Crippen LogP contribution in [0.2, 0.25) is 0 Å². The number of nitrogens with one attached hydrogen (secondary N) is 2. The van der Waals surface area contributed by atoms with E-state index in [1.165, 1.54) is 0 Å². The van der Waals surface area contributed by atoms with Crippen molar-refractivity contribution in [2.24, 2.45) is 0 Å². The zero-order valence-electron chi connectivity index (χ0n) is 9.27. The maximum Gasteiger partial charge on any atom is 0.0860 e. The monoisotopic (exact) mass is 202 g/mol. The van der Waals surface area contributed by atoms with E-state index in [2.05, 4.69) is 10.6 Å². The van der Waals surface area contributed by atoms with E-state index in [4.69, 9.17) is 9.47 Å². The first-order chi connectivity index (χ1) is 6.71. The van der Waals surface area contributed by atoms with Gasteiger partial charge in [0, 0.05) is 26.2 Å². The number of ether oxygens (including phenoxy) is 2. The van der Waals surface area contributed by atoms with E-state index in [-0.39, 0.29) is 5.60 Å². The first-order valence-electron chi connectivity index (χ1n) is 5.34. The van der Waals surface area contributed by atoms with Gasteiger partial charge in [-0.1, -0.05) is 0 Å². The molecule has 2 fully saturated rings. The zero-order valence-corrected chi connectivity index (χ0v) is 9.27. The molecule has 0 amide bonds. The van der Waals surface area contributed by atoms with E-state index in [0.717, 1.165) is 46.0 Å². The summed E-state index contributed by atoms with van der Waals surface area (Å²) in [5.74, 6) is 0. The van der Waals surface area contributed by atoms with Crippen molar-refractivity contribution >= 4 is 0 Å². The lowest BCUT2D eigenvalue weighted by Crippen LogP contribution is -2.39. The van der Waals surface area contributed by atoms with Crippen LogP contribution in [-0.2, 0) is 9.47 Å². The Balaban J connectivity index is 0.000000146. The SMILES string of the molecule is C1CNCCN1.CC1(C)COCCO1. The summed E-state index contributed by atoms with van der Waals surface area (Å²) in [5, 5.41) is 6.44. The lowest BCUT2D eigenvalue weighted by atomic mass is 10.1. The summed E-state index contributed by atoms with van der Waals surface area (Å²) in [7, 11) is 0. The normalized spacial score (nSPS) is 26.1. The van der Waals surface area contributed by atoms with E-state index in [0.29, 0.717) is 0 Å². The molecule has 0 radical (unpaired) electrons. The van der Waals surface area contributed by atoms with E-state index >= 15 is 0 Å². The predicted molar refractivity (Wildman–Crippen MR) is 56.6 cm³/mol. The molecule has 2 aliphatic heterocycles. The highest BCUT2D eigenvalue weighted by molar-refractivity contribution is 4.69. The highest BCUT2D eigenvalue weighted by Gasteiger charge is 2.21. The molecular weight excluding hydrogens is 180 g/mol. The molecule has 0 spiro atoms. The average molecular weight is 202 g/mol. The minimum Gasteiger partial charge on any atom is -0.376 e. The maximum atomic E-state index is 5.34. The van der Waals surface area contributed by atoms with Gasteiger partial charge in [-0.05, 0) is 13.8 Å². The second-order valence-corrected chi connectivity index (χ2v) is 4.16. The summed E-state index contributed by atoms with van der Waals surface area (Å²) in [6.07, 6.45) is 0. The van der Waals surface area contributed by atoms with Gasteiger partial charge in [0.1, 0.15) is 0 Å². The molecule has 0 bridgehead atoms. The van der Waals surface area contributed by atoms with Crippen LogP contribution in [0.25, 0.3) is 0 Å². The molecule has 4 nitrogen and oxygen atoms in total. The first-order valence-corrected chi connectivity index (χ1v) is 5.34. The van der Waals surface area contributed by atoms with Gasteiger partial charge in [-0.25, -0.2) is 0 Å². The van der Waals surface area contributed by atoms with Crippen LogP contribution in [0, 0.1) is 0 Å². The number of hydrogen-bond acceptors (Lipinski definition) is 4. The molecule has 2 aliphatic rings. The largest absolute Gasteiger partial charge is 0.376 e. The number of rotatable bonds is 0. The molecular formula is C10H22N2O2. The molecule has 2 heterocycles. The van der Waals surface area contributed by atoms with Crippen molar-refractivity contribution in [3.8, 4) is 0 Å². The molecule has 4 heteroatoms. The molecule has 84 valence electrons.